The summed E-state index contributed by atoms with van der Waals surface area (Å²) in [5.74, 6) is -0.406. The van der Waals surface area contributed by atoms with Crippen molar-refractivity contribution in [3.05, 3.63) is 17.2 Å². The Kier molecular flexibility index (Phi) is 5.60. The third kappa shape index (κ3) is 4.01. The Morgan fingerprint density at radius 2 is 1.85 bits per heavy atom. The van der Waals surface area contributed by atoms with Gasteiger partial charge in [0.25, 0.3) is 0 Å². The van der Waals surface area contributed by atoms with Gasteiger partial charge in [-0.2, -0.15) is 0 Å². The number of hydrogen-bond donors (Lipinski definition) is 3. The Bertz CT molecular complexity index is 522. The fourth-order valence-electron chi connectivity index (χ4n) is 1.48. The van der Waals surface area contributed by atoms with E-state index in [1.54, 1.807) is 0 Å². The molecule has 0 bridgehead atoms. The summed E-state index contributed by atoms with van der Waals surface area (Å²) >= 11 is 6.01. The third-order valence-corrected chi connectivity index (χ3v) is 2.80. The Labute approximate surface area is 121 Å². The zero-order valence-electron chi connectivity index (χ0n) is 11.1. The van der Waals surface area contributed by atoms with E-state index in [2.05, 4.69) is 5.32 Å². The molecule has 1 rings (SSSR count). The number of amides is 2. The molecule has 0 saturated heterocycles. The van der Waals surface area contributed by atoms with E-state index in [4.69, 9.17) is 32.5 Å². The van der Waals surface area contributed by atoms with E-state index < -0.39 is 17.9 Å². The average molecular weight is 302 g/mol. The Morgan fingerprint density at radius 3 is 2.35 bits per heavy atom. The van der Waals surface area contributed by atoms with Crippen LogP contribution >= 0.6 is 11.6 Å². The van der Waals surface area contributed by atoms with Crippen molar-refractivity contribution in [1.29, 1.82) is 0 Å². The minimum absolute atomic E-state index is 0.252. The molecule has 0 aliphatic carbocycles. The van der Waals surface area contributed by atoms with E-state index in [1.807, 2.05) is 0 Å². The second kappa shape index (κ2) is 6.97. The standard InChI is InChI=1S/C12H16ClN3O4/c1-19-9-3-6(13)8(5-10(9)20-2)16-12(18)7(14)4-11(15)17/h3,5,7H,4,14H2,1-2H3,(H2,15,17)(H,16,18). The predicted molar refractivity (Wildman–Crippen MR) is 75.0 cm³/mol. The van der Waals surface area contributed by atoms with E-state index in [9.17, 15) is 9.59 Å². The summed E-state index contributed by atoms with van der Waals surface area (Å²) in [6.45, 7) is 0. The van der Waals surface area contributed by atoms with Crippen molar-refractivity contribution < 1.29 is 19.1 Å². The van der Waals surface area contributed by atoms with Crippen LogP contribution in [0.15, 0.2) is 12.1 Å². The maximum absolute atomic E-state index is 11.8. The average Bonchev–Trinajstić information content (AvgIpc) is 2.39. The zero-order valence-corrected chi connectivity index (χ0v) is 11.9. The fraction of sp³-hybridized carbons (Fsp3) is 0.333. The molecule has 0 radical (unpaired) electrons. The molecule has 0 aromatic heterocycles. The largest absolute Gasteiger partial charge is 0.493 e. The van der Waals surface area contributed by atoms with Crippen LogP contribution in [-0.4, -0.2) is 32.1 Å². The highest BCUT2D eigenvalue weighted by molar-refractivity contribution is 6.34. The highest BCUT2D eigenvalue weighted by Crippen LogP contribution is 2.36. The summed E-state index contributed by atoms with van der Waals surface area (Å²) in [5.41, 5.74) is 10.8. The first-order valence-electron chi connectivity index (χ1n) is 5.65. The van der Waals surface area contributed by atoms with Crippen LogP contribution in [0.3, 0.4) is 0 Å². The molecular formula is C12H16ClN3O4. The Hall–Kier alpha value is -1.99. The van der Waals surface area contributed by atoms with Crippen LogP contribution in [0.4, 0.5) is 5.69 Å². The summed E-state index contributed by atoms with van der Waals surface area (Å²) in [6.07, 6.45) is -0.253. The van der Waals surface area contributed by atoms with Crippen molar-refractivity contribution in [3.8, 4) is 11.5 Å². The van der Waals surface area contributed by atoms with E-state index >= 15 is 0 Å². The van der Waals surface area contributed by atoms with Crippen molar-refractivity contribution in [3.63, 3.8) is 0 Å². The number of primary amides is 1. The zero-order chi connectivity index (χ0) is 15.3. The molecule has 1 aromatic rings. The van der Waals surface area contributed by atoms with Crippen LogP contribution in [0, 0.1) is 0 Å². The lowest BCUT2D eigenvalue weighted by atomic mass is 10.2. The van der Waals surface area contributed by atoms with Gasteiger partial charge in [-0.3, -0.25) is 9.59 Å². The number of rotatable bonds is 6. The van der Waals surface area contributed by atoms with Crippen LogP contribution in [0.1, 0.15) is 6.42 Å². The van der Waals surface area contributed by atoms with E-state index in [0.717, 1.165) is 0 Å². The van der Waals surface area contributed by atoms with E-state index in [-0.39, 0.29) is 11.4 Å². The Balaban J connectivity index is 2.92. The lowest BCUT2D eigenvalue weighted by molar-refractivity contribution is -0.123. The summed E-state index contributed by atoms with van der Waals surface area (Å²) in [7, 11) is 2.92. The highest BCUT2D eigenvalue weighted by Gasteiger charge is 2.18. The summed E-state index contributed by atoms with van der Waals surface area (Å²) < 4.78 is 10.2. The first kappa shape index (κ1) is 16.1. The monoisotopic (exact) mass is 301 g/mol. The number of carbonyl (C=O) groups excluding carboxylic acids is 2. The van der Waals surface area contributed by atoms with Crippen molar-refractivity contribution in [2.24, 2.45) is 11.5 Å². The van der Waals surface area contributed by atoms with Gasteiger partial charge in [-0.05, 0) is 0 Å². The summed E-state index contributed by atoms with van der Waals surface area (Å²) in [5, 5.41) is 2.75. The first-order chi connectivity index (χ1) is 9.38. The third-order valence-electron chi connectivity index (χ3n) is 2.49. The van der Waals surface area contributed by atoms with Gasteiger partial charge < -0.3 is 26.3 Å². The fourth-order valence-corrected chi connectivity index (χ4v) is 1.69. The minimum atomic E-state index is -1.04. The van der Waals surface area contributed by atoms with Gasteiger partial charge in [-0.15, -0.1) is 0 Å². The second-order valence-electron chi connectivity index (χ2n) is 3.95. The summed E-state index contributed by atoms with van der Waals surface area (Å²) in [4.78, 5) is 22.5. The molecule has 8 heteroatoms. The SMILES string of the molecule is COc1cc(Cl)c(NC(=O)C(N)CC(N)=O)cc1OC. The molecule has 20 heavy (non-hydrogen) atoms. The predicted octanol–water partition coefficient (Wildman–Crippen LogP) is 0.498. The van der Waals surface area contributed by atoms with Crippen LogP contribution in [-0.2, 0) is 9.59 Å². The van der Waals surface area contributed by atoms with Crippen LogP contribution in [0.5, 0.6) is 11.5 Å². The number of anilines is 1. The number of benzene rings is 1. The maximum atomic E-state index is 11.8. The van der Waals surface area contributed by atoms with Crippen molar-refractivity contribution in [2.45, 2.75) is 12.5 Å². The highest BCUT2D eigenvalue weighted by atomic mass is 35.5. The lowest BCUT2D eigenvalue weighted by Gasteiger charge is -2.14. The number of methoxy groups -OCH3 is 2. The van der Waals surface area contributed by atoms with Crippen molar-refractivity contribution in [2.75, 3.05) is 19.5 Å². The van der Waals surface area contributed by atoms with Crippen molar-refractivity contribution >= 4 is 29.1 Å². The quantitative estimate of drug-likeness (QED) is 0.707. The molecule has 0 saturated carbocycles. The number of halogens is 1. The molecule has 0 aliphatic rings. The molecule has 1 unspecified atom stereocenters. The maximum Gasteiger partial charge on any atom is 0.241 e. The number of nitrogens with one attached hydrogen (secondary N) is 1. The molecule has 1 atom stereocenters. The topological polar surface area (TPSA) is 117 Å². The molecule has 0 aliphatic heterocycles. The van der Waals surface area contributed by atoms with Gasteiger partial charge in [-0.1, -0.05) is 11.6 Å². The van der Waals surface area contributed by atoms with Crippen LogP contribution in [0.2, 0.25) is 5.02 Å². The van der Waals surface area contributed by atoms with Gasteiger partial charge in [0.2, 0.25) is 11.8 Å². The van der Waals surface area contributed by atoms with Gasteiger partial charge in [0.05, 0.1) is 37.4 Å². The van der Waals surface area contributed by atoms with Gasteiger partial charge in [0, 0.05) is 12.1 Å². The van der Waals surface area contributed by atoms with Gasteiger partial charge in [0.1, 0.15) is 0 Å². The molecule has 110 valence electrons. The second-order valence-corrected chi connectivity index (χ2v) is 4.36. The van der Waals surface area contributed by atoms with E-state index in [1.165, 1.54) is 26.4 Å². The molecule has 7 nitrogen and oxygen atoms in total. The van der Waals surface area contributed by atoms with Crippen molar-refractivity contribution in [1.82, 2.24) is 0 Å². The number of hydrogen-bond acceptors (Lipinski definition) is 5. The minimum Gasteiger partial charge on any atom is -0.493 e. The molecule has 0 fully saturated rings. The molecule has 0 heterocycles. The van der Waals surface area contributed by atoms with Gasteiger partial charge in [0.15, 0.2) is 11.5 Å². The van der Waals surface area contributed by atoms with Gasteiger partial charge >= 0.3 is 0 Å². The molecule has 2 amide bonds. The number of nitrogens with two attached hydrogens (primary N) is 2. The molecule has 1 aromatic carbocycles. The lowest BCUT2D eigenvalue weighted by Crippen LogP contribution is -2.39. The smallest absolute Gasteiger partial charge is 0.241 e. The molecular weight excluding hydrogens is 286 g/mol. The number of ether oxygens (including phenoxy) is 2. The van der Waals surface area contributed by atoms with E-state index in [0.29, 0.717) is 17.2 Å². The molecule has 5 N–H and O–H groups in total. The Morgan fingerprint density at radius 1 is 1.30 bits per heavy atom. The normalized spacial score (nSPS) is 11.6. The first-order valence-corrected chi connectivity index (χ1v) is 6.03. The summed E-state index contributed by atoms with van der Waals surface area (Å²) in [6, 6.07) is 1.95. The van der Waals surface area contributed by atoms with Crippen LogP contribution < -0.4 is 26.3 Å². The molecule has 0 spiro atoms. The number of carbonyl (C=O) groups is 2. The van der Waals surface area contributed by atoms with Crippen LogP contribution in [0.25, 0.3) is 0 Å². The van der Waals surface area contributed by atoms with Gasteiger partial charge in [-0.25, -0.2) is 0 Å².